The van der Waals surface area contributed by atoms with Crippen LogP contribution in [-0.4, -0.2) is 21.7 Å². The normalized spacial score (nSPS) is 18.4. The van der Waals surface area contributed by atoms with Crippen LogP contribution in [0, 0.1) is 12.7 Å². The number of ketones is 1. The second-order valence-corrected chi connectivity index (χ2v) is 7.93. The van der Waals surface area contributed by atoms with E-state index < -0.39 is 23.5 Å². The zero-order valence-corrected chi connectivity index (χ0v) is 16.4. The molecule has 1 saturated heterocycles. The average Bonchev–Trinajstić information content (AvgIpc) is 3.31. The van der Waals surface area contributed by atoms with Crippen LogP contribution < -0.4 is 0 Å². The molecule has 1 amide bonds. The third-order valence-corrected chi connectivity index (χ3v) is 5.83. The van der Waals surface area contributed by atoms with Crippen LogP contribution in [0.2, 0.25) is 0 Å². The number of carbonyl (C=O) groups excluding carboxylic acids is 2. The number of amides is 1. The van der Waals surface area contributed by atoms with E-state index >= 15 is 0 Å². The van der Waals surface area contributed by atoms with Crippen LogP contribution in [0.5, 0.6) is 0 Å². The van der Waals surface area contributed by atoms with Crippen molar-refractivity contribution in [3.63, 3.8) is 0 Å². The van der Waals surface area contributed by atoms with Crippen LogP contribution in [-0.2, 0) is 16.1 Å². The molecule has 1 fully saturated rings. The van der Waals surface area contributed by atoms with E-state index in [4.69, 9.17) is 0 Å². The Labute approximate surface area is 171 Å². The summed E-state index contributed by atoms with van der Waals surface area (Å²) in [6.45, 7) is 2.06. The van der Waals surface area contributed by atoms with Gasteiger partial charge in [0.2, 0.25) is 0 Å². The molecule has 3 aromatic rings. The number of hydrogen-bond acceptors (Lipinski definition) is 4. The third-order valence-electron chi connectivity index (χ3n) is 4.97. The van der Waals surface area contributed by atoms with Crippen LogP contribution in [0.25, 0.3) is 5.76 Å². The Morgan fingerprint density at radius 3 is 2.45 bits per heavy atom. The fraction of sp³-hybridized carbons (Fsp3) is 0.130. The Morgan fingerprint density at radius 1 is 1.07 bits per heavy atom. The standard InChI is InChI=1S/C23H18FNO3S/c1-14-8-10-15(11-9-14)21(26)19-20(17-6-2-3-7-18(17)24)25(23(28)22(19)27)13-16-5-4-12-29-16/h2-12,20,26H,13H2,1H3/b21-19-. The molecule has 1 aliphatic rings. The fourth-order valence-corrected chi connectivity index (χ4v) is 4.20. The van der Waals surface area contributed by atoms with Crippen LogP contribution in [0.15, 0.2) is 71.6 Å². The Kier molecular flexibility index (Phi) is 5.03. The maximum atomic E-state index is 14.7. The van der Waals surface area contributed by atoms with Crippen molar-refractivity contribution in [3.8, 4) is 0 Å². The predicted molar refractivity (Wildman–Crippen MR) is 110 cm³/mol. The number of aliphatic hydroxyl groups is 1. The van der Waals surface area contributed by atoms with Crippen LogP contribution in [0.4, 0.5) is 4.39 Å². The quantitative estimate of drug-likeness (QED) is 0.383. The summed E-state index contributed by atoms with van der Waals surface area (Å²) in [4.78, 5) is 27.9. The van der Waals surface area contributed by atoms with E-state index in [0.29, 0.717) is 5.56 Å². The van der Waals surface area contributed by atoms with Crippen molar-refractivity contribution >= 4 is 28.8 Å². The number of rotatable bonds is 4. The van der Waals surface area contributed by atoms with Crippen LogP contribution in [0.1, 0.15) is 27.6 Å². The third kappa shape index (κ3) is 3.47. The lowest BCUT2D eigenvalue weighted by molar-refractivity contribution is -0.140. The monoisotopic (exact) mass is 407 g/mol. The lowest BCUT2D eigenvalue weighted by Gasteiger charge is -2.25. The minimum Gasteiger partial charge on any atom is -0.507 e. The Hall–Kier alpha value is -3.25. The molecule has 1 unspecified atom stereocenters. The minimum absolute atomic E-state index is 0.0968. The minimum atomic E-state index is -1.00. The van der Waals surface area contributed by atoms with E-state index in [1.807, 2.05) is 24.4 Å². The van der Waals surface area contributed by atoms with Crippen molar-refractivity contribution in [1.29, 1.82) is 0 Å². The Morgan fingerprint density at radius 2 is 1.79 bits per heavy atom. The molecule has 1 N–H and O–H groups in total. The smallest absolute Gasteiger partial charge is 0.295 e. The van der Waals surface area contributed by atoms with Gasteiger partial charge in [-0.05, 0) is 24.4 Å². The van der Waals surface area contributed by atoms with E-state index in [1.165, 1.54) is 28.4 Å². The molecule has 2 aromatic carbocycles. The number of carbonyl (C=O) groups is 2. The molecule has 1 atom stereocenters. The summed E-state index contributed by atoms with van der Waals surface area (Å²) in [6, 6.07) is 15.7. The maximum absolute atomic E-state index is 14.7. The topological polar surface area (TPSA) is 57.6 Å². The van der Waals surface area contributed by atoms with E-state index in [9.17, 15) is 19.1 Å². The number of aryl methyl sites for hydroxylation is 1. The number of likely N-dealkylation sites (tertiary alicyclic amines) is 1. The highest BCUT2D eigenvalue weighted by Crippen LogP contribution is 2.41. The lowest BCUT2D eigenvalue weighted by atomic mass is 9.94. The SMILES string of the molecule is Cc1ccc(/C(O)=C2/C(=O)C(=O)N(Cc3cccs3)C2c2ccccc2F)cc1. The number of hydrogen-bond donors (Lipinski definition) is 1. The second-order valence-electron chi connectivity index (χ2n) is 6.89. The van der Waals surface area contributed by atoms with Gasteiger partial charge in [-0.2, -0.15) is 0 Å². The summed E-state index contributed by atoms with van der Waals surface area (Å²) in [5.41, 5.74) is 1.48. The summed E-state index contributed by atoms with van der Waals surface area (Å²) in [5.74, 6) is -2.40. The first kappa shape index (κ1) is 19.1. The molecule has 6 heteroatoms. The fourth-order valence-electron chi connectivity index (χ4n) is 3.50. The number of aliphatic hydroxyl groups excluding tert-OH is 1. The maximum Gasteiger partial charge on any atom is 0.295 e. The molecule has 4 nitrogen and oxygen atoms in total. The molecule has 2 heterocycles. The summed E-state index contributed by atoms with van der Waals surface area (Å²) >= 11 is 1.44. The first-order valence-electron chi connectivity index (χ1n) is 9.09. The largest absolute Gasteiger partial charge is 0.507 e. The highest BCUT2D eigenvalue weighted by atomic mass is 32.1. The highest BCUT2D eigenvalue weighted by molar-refractivity contribution is 7.09. The molecule has 4 rings (SSSR count). The van der Waals surface area contributed by atoms with E-state index in [0.717, 1.165) is 10.4 Å². The molecule has 146 valence electrons. The van der Waals surface area contributed by atoms with Gasteiger partial charge in [-0.3, -0.25) is 9.59 Å². The van der Waals surface area contributed by atoms with E-state index in [2.05, 4.69) is 0 Å². The van der Waals surface area contributed by atoms with E-state index in [-0.39, 0.29) is 23.4 Å². The molecule has 1 aliphatic heterocycles. The molecular formula is C23H18FNO3S. The van der Waals surface area contributed by atoms with Crippen molar-refractivity contribution in [3.05, 3.63) is 99.0 Å². The van der Waals surface area contributed by atoms with Crippen molar-refractivity contribution in [2.24, 2.45) is 0 Å². The number of benzene rings is 2. The molecule has 0 radical (unpaired) electrons. The number of Topliss-reactive ketones (excluding diaryl/α,β-unsaturated/α-hetero) is 1. The Balaban J connectivity index is 1.89. The molecule has 0 spiro atoms. The average molecular weight is 407 g/mol. The van der Waals surface area contributed by atoms with Gasteiger partial charge in [0.25, 0.3) is 11.7 Å². The second kappa shape index (κ2) is 7.64. The van der Waals surface area contributed by atoms with Crippen molar-refractivity contribution < 1.29 is 19.1 Å². The molecule has 1 aromatic heterocycles. The molecule has 0 bridgehead atoms. The molecule has 0 aliphatic carbocycles. The van der Waals surface area contributed by atoms with Crippen LogP contribution in [0.3, 0.4) is 0 Å². The van der Waals surface area contributed by atoms with Gasteiger partial charge >= 0.3 is 0 Å². The Bertz CT molecular complexity index is 1100. The summed E-state index contributed by atoms with van der Waals surface area (Å²) in [5, 5.41) is 12.8. The van der Waals surface area contributed by atoms with Gasteiger partial charge in [-0.15, -0.1) is 11.3 Å². The number of nitrogens with zero attached hydrogens (tertiary/aromatic N) is 1. The first-order valence-corrected chi connectivity index (χ1v) is 9.97. The summed E-state index contributed by atoms with van der Waals surface area (Å²) < 4.78 is 14.7. The van der Waals surface area contributed by atoms with Crippen molar-refractivity contribution in [2.75, 3.05) is 0 Å². The summed E-state index contributed by atoms with van der Waals surface area (Å²) in [7, 11) is 0. The lowest BCUT2D eigenvalue weighted by Crippen LogP contribution is -2.29. The van der Waals surface area contributed by atoms with Gasteiger partial charge in [0.1, 0.15) is 11.6 Å². The van der Waals surface area contributed by atoms with Gasteiger partial charge in [0.05, 0.1) is 18.2 Å². The van der Waals surface area contributed by atoms with Gasteiger partial charge in [0, 0.05) is 16.0 Å². The van der Waals surface area contributed by atoms with Crippen LogP contribution >= 0.6 is 11.3 Å². The molecule has 29 heavy (non-hydrogen) atoms. The van der Waals surface area contributed by atoms with Crippen molar-refractivity contribution in [2.45, 2.75) is 19.5 Å². The predicted octanol–water partition coefficient (Wildman–Crippen LogP) is 4.82. The molecule has 0 saturated carbocycles. The van der Waals surface area contributed by atoms with E-state index in [1.54, 1.807) is 36.4 Å². The first-order chi connectivity index (χ1) is 14.0. The van der Waals surface area contributed by atoms with Gasteiger partial charge in [0.15, 0.2) is 0 Å². The van der Waals surface area contributed by atoms with Gasteiger partial charge in [-0.25, -0.2) is 4.39 Å². The number of thiophene rings is 1. The van der Waals surface area contributed by atoms with Gasteiger partial charge in [-0.1, -0.05) is 54.1 Å². The zero-order valence-electron chi connectivity index (χ0n) is 15.6. The molecular weight excluding hydrogens is 389 g/mol. The summed E-state index contributed by atoms with van der Waals surface area (Å²) in [6.07, 6.45) is 0. The van der Waals surface area contributed by atoms with Crippen molar-refractivity contribution in [1.82, 2.24) is 4.90 Å². The number of halogens is 1. The van der Waals surface area contributed by atoms with Gasteiger partial charge < -0.3 is 10.0 Å². The zero-order chi connectivity index (χ0) is 20.5. The highest BCUT2D eigenvalue weighted by Gasteiger charge is 2.47.